The van der Waals surface area contributed by atoms with Gasteiger partial charge in [-0.15, -0.1) is 0 Å². The highest BCUT2D eigenvalue weighted by Crippen LogP contribution is 2.29. The van der Waals surface area contributed by atoms with E-state index >= 15 is 0 Å². The maximum atomic E-state index is 10.3. The van der Waals surface area contributed by atoms with Crippen LogP contribution in [0.2, 0.25) is 0 Å². The molecule has 1 aromatic rings. The Morgan fingerprint density at radius 1 is 1.28 bits per heavy atom. The van der Waals surface area contributed by atoms with E-state index in [0.717, 1.165) is 41.5 Å². The molecule has 1 fully saturated rings. The van der Waals surface area contributed by atoms with Gasteiger partial charge in [-0.3, -0.25) is 0 Å². The molecule has 3 nitrogen and oxygen atoms in total. The lowest BCUT2D eigenvalue weighted by atomic mass is 9.86. The third kappa shape index (κ3) is 7.93. The second kappa shape index (κ2) is 10.9. The van der Waals surface area contributed by atoms with E-state index in [0.29, 0.717) is 31.3 Å². The predicted molar refractivity (Wildman–Crippen MR) is 122 cm³/mol. The minimum Gasteiger partial charge on any atom is -0.393 e. The van der Waals surface area contributed by atoms with Gasteiger partial charge in [-0.1, -0.05) is 62.8 Å². The zero-order valence-electron chi connectivity index (χ0n) is 23.3. The van der Waals surface area contributed by atoms with E-state index in [9.17, 15) is 15.3 Å². The van der Waals surface area contributed by atoms with Crippen molar-refractivity contribution in [2.75, 3.05) is 0 Å². The molecule has 1 aliphatic rings. The zero-order valence-corrected chi connectivity index (χ0v) is 17.3. The molecular weight excluding hydrogens is 360 g/mol. The Hall–Kier alpha value is -1.68. The van der Waals surface area contributed by atoms with Crippen molar-refractivity contribution in [3.8, 4) is 0 Å². The molecule has 1 aromatic carbocycles. The molecule has 0 saturated heterocycles. The van der Waals surface area contributed by atoms with Gasteiger partial charge in [0.2, 0.25) is 0 Å². The van der Waals surface area contributed by atoms with Crippen LogP contribution in [-0.2, 0) is 6.42 Å². The maximum absolute atomic E-state index is 10.3. The van der Waals surface area contributed by atoms with Crippen LogP contribution in [0.25, 0.3) is 5.57 Å². The Kier molecular flexibility index (Phi) is 6.05. The number of benzene rings is 1. The molecule has 3 heteroatoms. The van der Waals surface area contributed by atoms with Crippen LogP contribution in [0.3, 0.4) is 0 Å². The highest BCUT2D eigenvalue weighted by Gasteiger charge is 2.24. The van der Waals surface area contributed by atoms with Gasteiger partial charge in [-0.05, 0) is 73.7 Å². The lowest BCUT2D eigenvalue weighted by Crippen LogP contribution is -2.26. The third-order valence-electron chi connectivity index (χ3n) is 5.43. The largest absolute Gasteiger partial charge is 0.393 e. The molecule has 0 spiro atoms. The number of allylic oxidation sites excluding steroid dienone is 3. The van der Waals surface area contributed by atoms with Gasteiger partial charge in [-0.2, -0.15) is 0 Å². The molecule has 2 rings (SSSR count). The summed E-state index contributed by atoms with van der Waals surface area (Å²) in [4.78, 5) is 0. The number of unbranched alkanes of at least 4 members (excludes halogenated alkanes) is 2. The van der Waals surface area contributed by atoms with E-state index < -0.39 is 31.5 Å². The molecule has 160 valence electrons. The van der Waals surface area contributed by atoms with Gasteiger partial charge in [-0.25, -0.2) is 0 Å². The van der Waals surface area contributed by atoms with Crippen molar-refractivity contribution in [1.82, 2.24) is 0 Å². The van der Waals surface area contributed by atoms with Gasteiger partial charge in [0.15, 0.2) is 0 Å². The summed E-state index contributed by atoms with van der Waals surface area (Å²) in [6.07, 6.45) is 6.34. The summed E-state index contributed by atoms with van der Waals surface area (Å²) < 4.78 is 44.7. The Labute approximate surface area is 184 Å². The standard InChI is InChI=1S/C26H38O3/c1-5-21(13-14-22-17-24(27)18-25(28)19(22)2)23-12-9-11-20(16-23)10-7-6-8-15-26(3,4)29/h9,11-14,16,24-25,27-29H,2,5-8,10,15,17-18H2,1,3-4H3/b21-13+,22-14?/t24-,25+/m1/s1/i3D3,4D3. The molecule has 1 aliphatic carbocycles. The quantitative estimate of drug-likeness (QED) is 0.486. The highest BCUT2D eigenvalue weighted by molar-refractivity contribution is 5.68. The minimum atomic E-state index is -2.97. The number of hydrogen-bond acceptors (Lipinski definition) is 3. The summed E-state index contributed by atoms with van der Waals surface area (Å²) in [5.41, 5.74) is 2.12. The van der Waals surface area contributed by atoms with Crippen molar-refractivity contribution >= 4 is 5.57 Å². The molecule has 2 atom stereocenters. The molecule has 0 unspecified atom stereocenters. The molecule has 0 radical (unpaired) electrons. The Morgan fingerprint density at radius 2 is 2.07 bits per heavy atom. The number of rotatable bonds is 9. The average Bonchev–Trinajstić information content (AvgIpc) is 2.75. The van der Waals surface area contributed by atoms with Gasteiger partial charge in [0.1, 0.15) is 0 Å². The number of aryl methyl sites for hydroxylation is 1. The van der Waals surface area contributed by atoms with E-state index in [1.807, 2.05) is 30.4 Å². The molecule has 0 amide bonds. The third-order valence-corrected chi connectivity index (χ3v) is 5.43. The maximum Gasteiger partial charge on any atom is 0.0811 e. The normalized spacial score (nSPS) is 26.3. The van der Waals surface area contributed by atoms with Crippen LogP contribution in [0.4, 0.5) is 0 Å². The summed E-state index contributed by atoms with van der Waals surface area (Å²) in [6, 6.07) is 8.14. The summed E-state index contributed by atoms with van der Waals surface area (Å²) in [5.74, 6) is 0. The monoisotopic (exact) mass is 404 g/mol. The number of aliphatic hydroxyl groups excluding tert-OH is 2. The van der Waals surface area contributed by atoms with Gasteiger partial charge in [0, 0.05) is 14.6 Å². The van der Waals surface area contributed by atoms with Crippen LogP contribution >= 0.6 is 0 Å². The number of hydrogen-bond donors (Lipinski definition) is 3. The van der Waals surface area contributed by atoms with Crippen molar-refractivity contribution in [3.05, 3.63) is 65.3 Å². The van der Waals surface area contributed by atoms with Crippen LogP contribution in [0.5, 0.6) is 0 Å². The highest BCUT2D eigenvalue weighted by atomic mass is 16.3. The fourth-order valence-corrected chi connectivity index (χ4v) is 3.69. The molecule has 0 heterocycles. The lowest BCUT2D eigenvalue weighted by molar-refractivity contribution is 0.0680. The van der Waals surface area contributed by atoms with Crippen molar-refractivity contribution in [1.29, 1.82) is 0 Å². The molecule has 0 bridgehead atoms. The Balaban J connectivity index is 2.01. The molecule has 29 heavy (non-hydrogen) atoms. The summed E-state index contributed by atoms with van der Waals surface area (Å²) in [6.45, 7) is 0.0839. The van der Waals surface area contributed by atoms with E-state index in [1.165, 1.54) is 0 Å². The first kappa shape index (κ1) is 16.1. The van der Waals surface area contributed by atoms with Gasteiger partial charge in [0.05, 0.1) is 17.8 Å². The fourth-order valence-electron chi connectivity index (χ4n) is 3.69. The van der Waals surface area contributed by atoms with E-state index in [4.69, 9.17) is 8.22 Å². The van der Waals surface area contributed by atoms with Crippen molar-refractivity contribution in [3.63, 3.8) is 0 Å². The Bertz CT molecular complexity index is 916. The number of aliphatic hydroxyl groups is 3. The first-order chi connectivity index (χ1) is 16.2. The molecule has 0 aromatic heterocycles. The smallest absolute Gasteiger partial charge is 0.0811 e. The summed E-state index contributed by atoms with van der Waals surface area (Å²) >= 11 is 0. The summed E-state index contributed by atoms with van der Waals surface area (Å²) in [7, 11) is 0. The van der Waals surface area contributed by atoms with Crippen LogP contribution in [0.1, 0.15) is 84.9 Å². The van der Waals surface area contributed by atoms with E-state index in [2.05, 4.69) is 19.6 Å². The van der Waals surface area contributed by atoms with Crippen molar-refractivity contribution in [2.45, 2.75) is 89.8 Å². The van der Waals surface area contributed by atoms with Crippen molar-refractivity contribution in [2.24, 2.45) is 0 Å². The van der Waals surface area contributed by atoms with Gasteiger partial charge in [0.25, 0.3) is 0 Å². The SMILES string of the molecule is [2H]C([2H])([2H])C(O)(CCCCCc1cccc(/C(=C/C=C2C[C@@H](O)C[C@H](O)C2=C)CC)c1)C([2H])([2H])[2H]. The molecule has 3 N–H and O–H groups in total. The Morgan fingerprint density at radius 3 is 2.79 bits per heavy atom. The second-order valence-corrected chi connectivity index (χ2v) is 7.99. The zero-order chi connectivity index (χ0) is 26.4. The van der Waals surface area contributed by atoms with Gasteiger partial charge < -0.3 is 15.3 Å². The first-order valence-electron chi connectivity index (χ1n) is 13.5. The molecule has 1 saturated carbocycles. The van der Waals surface area contributed by atoms with Crippen LogP contribution in [0.15, 0.2) is 54.1 Å². The van der Waals surface area contributed by atoms with Crippen LogP contribution < -0.4 is 0 Å². The van der Waals surface area contributed by atoms with Crippen LogP contribution in [-0.4, -0.2) is 33.1 Å². The summed E-state index contributed by atoms with van der Waals surface area (Å²) in [5, 5.41) is 30.4. The molecular formula is C26H38O3. The minimum absolute atomic E-state index is 0.299. The van der Waals surface area contributed by atoms with E-state index in [1.54, 1.807) is 0 Å². The molecule has 0 aliphatic heterocycles. The lowest BCUT2D eigenvalue weighted by Gasteiger charge is -2.26. The predicted octanol–water partition coefficient (Wildman–Crippen LogP) is 5.35. The van der Waals surface area contributed by atoms with E-state index in [-0.39, 0.29) is 6.42 Å². The fraction of sp³-hybridized carbons (Fsp3) is 0.538. The average molecular weight is 405 g/mol. The topological polar surface area (TPSA) is 60.7 Å². The second-order valence-electron chi connectivity index (χ2n) is 7.99. The van der Waals surface area contributed by atoms with Crippen molar-refractivity contribution < 1.29 is 23.5 Å². The van der Waals surface area contributed by atoms with Gasteiger partial charge >= 0.3 is 0 Å². The first-order valence-corrected chi connectivity index (χ1v) is 10.5. The van der Waals surface area contributed by atoms with Crippen LogP contribution in [0, 0.1) is 0 Å².